The third kappa shape index (κ3) is 3.81. The van der Waals surface area contributed by atoms with Gasteiger partial charge in [-0.15, -0.1) is 10.2 Å². The Morgan fingerprint density at radius 3 is 2.90 bits per heavy atom. The van der Waals surface area contributed by atoms with E-state index in [1.807, 2.05) is 53.1 Å². The summed E-state index contributed by atoms with van der Waals surface area (Å²) in [4.78, 5) is 17.6. The van der Waals surface area contributed by atoms with Crippen LogP contribution in [-0.4, -0.2) is 32.1 Å². The Morgan fingerprint density at radius 1 is 1.23 bits per heavy atom. The van der Waals surface area contributed by atoms with E-state index >= 15 is 0 Å². The summed E-state index contributed by atoms with van der Waals surface area (Å²) in [6, 6.07) is 13.2. The van der Waals surface area contributed by atoms with Gasteiger partial charge in [-0.05, 0) is 37.1 Å². The van der Waals surface area contributed by atoms with Gasteiger partial charge in [-0.1, -0.05) is 41.1 Å². The van der Waals surface area contributed by atoms with E-state index < -0.39 is 0 Å². The van der Waals surface area contributed by atoms with Gasteiger partial charge in [0.25, 0.3) is 0 Å². The average molecular weight is 440 g/mol. The minimum atomic E-state index is -0.175. The maximum atomic E-state index is 12.8. The first-order valence-corrected chi connectivity index (χ1v) is 10.8. The van der Waals surface area contributed by atoms with Gasteiger partial charge in [-0.25, -0.2) is 4.98 Å². The summed E-state index contributed by atoms with van der Waals surface area (Å²) in [6.45, 7) is 0.744. The van der Waals surface area contributed by atoms with E-state index in [9.17, 15) is 4.79 Å². The van der Waals surface area contributed by atoms with Crippen LogP contribution in [0.3, 0.4) is 0 Å². The minimum Gasteiger partial charge on any atom is -0.371 e. The zero-order chi connectivity index (χ0) is 20.5. The third-order valence-electron chi connectivity index (χ3n) is 4.97. The molecule has 0 saturated carbocycles. The molecule has 0 spiro atoms. The summed E-state index contributed by atoms with van der Waals surface area (Å²) >= 11 is 7.39. The lowest BCUT2D eigenvalue weighted by Gasteiger charge is -2.06. The molecule has 0 aliphatic carbocycles. The lowest BCUT2D eigenvalue weighted by atomic mass is 10.1. The van der Waals surface area contributed by atoms with Gasteiger partial charge >= 0.3 is 0 Å². The van der Waals surface area contributed by atoms with Crippen molar-refractivity contribution in [3.8, 4) is 11.3 Å². The highest BCUT2D eigenvalue weighted by Crippen LogP contribution is 2.32. The van der Waals surface area contributed by atoms with Crippen LogP contribution in [0.4, 0.5) is 5.13 Å². The Bertz CT molecular complexity index is 1200. The highest BCUT2D eigenvalue weighted by molar-refractivity contribution is 7.15. The van der Waals surface area contributed by atoms with E-state index in [1.54, 1.807) is 0 Å². The molecule has 1 unspecified atom stereocenters. The monoisotopic (exact) mass is 439 g/mol. The number of carbonyl (C=O) groups excluding carboxylic acids is 1. The molecule has 4 heterocycles. The fourth-order valence-corrected chi connectivity index (χ4v) is 4.53. The van der Waals surface area contributed by atoms with E-state index in [-0.39, 0.29) is 18.4 Å². The maximum absolute atomic E-state index is 12.8. The molecule has 0 bridgehead atoms. The number of hydrogen-bond donors (Lipinski definition) is 1. The number of ether oxygens (including phenoxy) is 1. The Balaban J connectivity index is 1.41. The molecule has 1 atom stereocenters. The minimum absolute atomic E-state index is 0.0107. The number of carbonyl (C=O) groups is 1. The number of imidazole rings is 1. The molecule has 1 aliphatic heterocycles. The molecule has 1 amide bonds. The van der Waals surface area contributed by atoms with Gasteiger partial charge in [-0.2, -0.15) is 0 Å². The van der Waals surface area contributed by atoms with Gasteiger partial charge in [-0.3, -0.25) is 4.79 Å². The van der Waals surface area contributed by atoms with Crippen LogP contribution in [0.5, 0.6) is 0 Å². The second-order valence-corrected chi connectivity index (χ2v) is 8.46. The molecule has 9 heteroatoms. The van der Waals surface area contributed by atoms with Crippen molar-refractivity contribution in [3.05, 3.63) is 64.4 Å². The van der Waals surface area contributed by atoms with Crippen molar-refractivity contribution < 1.29 is 9.53 Å². The SMILES string of the molecule is O=C(Cc1c(-c2ccc(Cl)cc2)nc2ccccn12)Nc1nnc(C2CCCO2)s1. The van der Waals surface area contributed by atoms with Gasteiger partial charge in [0.1, 0.15) is 16.8 Å². The molecule has 3 aromatic heterocycles. The van der Waals surface area contributed by atoms with E-state index in [4.69, 9.17) is 21.3 Å². The first-order chi connectivity index (χ1) is 14.7. The van der Waals surface area contributed by atoms with Crippen LogP contribution < -0.4 is 5.32 Å². The number of fused-ring (bicyclic) bond motifs is 1. The molecule has 5 rings (SSSR count). The Labute approximate surface area is 181 Å². The molecule has 1 aliphatic rings. The van der Waals surface area contributed by atoms with Crippen molar-refractivity contribution >= 4 is 39.6 Å². The fourth-order valence-electron chi connectivity index (χ4n) is 3.56. The second kappa shape index (κ2) is 8.14. The number of amides is 1. The summed E-state index contributed by atoms with van der Waals surface area (Å²) < 4.78 is 7.57. The zero-order valence-electron chi connectivity index (χ0n) is 15.9. The molecule has 152 valence electrons. The van der Waals surface area contributed by atoms with E-state index in [0.717, 1.165) is 47.1 Å². The fraction of sp³-hybridized carbons (Fsp3) is 0.238. The Morgan fingerprint density at radius 2 is 2.10 bits per heavy atom. The number of nitrogens with one attached hydrogen (secondary N) is 1. The molecule has 1 N–H and O–H groups in total. The van der Waals surface area contributed by atoms with Gasteiger partial charge in [0.15, 0.2) is 0 Å². The van der Waals surface area contributed by atoms with Crippen molar-refractivity contribution in [1.29, 1.82) is 0 Å². The smallest absolute Gasteiger partial charge is 0.232 e. The van der Waals surface area contributed by atoms with Crippen molar-refractivity contribution in [1.82, 2.24) is 19.6 Å². The maximum Gasteiger partial charge on any atom is 0.232 e. The van der Waals surface area contributed by atoms with Crippen molar-refractivity contribution in [2.24, 2.45) is 0 Å². The molecule has 4 aromatic rings. The summed E-state index contributed by atoms with van der Waals surface area (Å²) in [6.07, 6.45) is 4.01. The van der Waals surface area contributed by atoms with Crippen LogP contribution in [0.1, 0.15) is 29.6 Å². The number of pyridine rings is 1. The molecule has 1 fully saturated rings. The van der Waals surface area contributed by atoms with Gasteiger partial charge in [0.2, 0.25) is 11.0 Å². The lowest BCUT2D eigenvalue weighted by Crippen LogP contribution is -2.16. The molecule has 0 radical (unpaired) electrons. The van der Waals surface area contributed by atoms with Crippen LogP contribution >= 0.6 is 22.9 Å². The van der Waals surface area contributed by atoms with Crippen LogP contribution in [0.25, 0.3) is 16.9 Å². The van der Waals surface area contributed by atoms with Crippen molar-refractivity contribution in [3.63, 3.8) is 0 Å². The first-order valence-electron chi connectivity index (χ1n) is 9.64. The zero-order valence-corrected chi connectivity index (χ0v) is 17.5. The third-order valence-corrected chi connectivity index (χ3v) is 6.15. The molecular weight excluding hydrogens is 422 g/mol. The highest BCUT2D eigenvalue weighted by Gasteiger charge is 2.23. The van der Waals surface area contributed by atoms with Gasteiger partial charge in [0, 0.05) is 23.4 Å². The summed E-state index contributed by atoms with van der Waals surface area (Å²) in [7, 11) is 0. The van der Waals surface area contributed by atoms with Crippen LogP contribution in [0.2, 0.25) is 5.02 Å². The number of nitrogens with zero attached hydrogens (tertiary/aromatic N) is 4. The number of hydrogen-bond acceptors (Lipinski definition) is 6. The largest absolute Gasteiger partial charge is 0.371 e. The van der Waals surface area contributed by atoms with Crippen molar-refractivity contribution in [2.45, 2.75) is 25.4 Å². The summed E-state index contributed by atoms with van der Waals surface area (Å²) in [5.41, 5.74) is 3.24. The van der Waals surface area contributed by atoms with Crippen LogP contribution in [0.15, 0.2) is 48.7 Å². The van der Waals surface area contributed by atoms with E-state index in [0.29, 0.717) is 10.2 Å². The first kappa shape index (κ1) is 19.2. The molecule has 1 saturated heterocycles. The molecule has 30 heavy (non-hydrogen) atoms. The highest BCUT2D eigenvalue weighted by atomic mass is 35.5. The van der Waals surface area contributed by atoms with Crippen LogP contribution in [-0.2, 0) is 16.0 Å². The Kier molecular flexibility index (Phi) is 5.20. The molecular formula is C21H18ClN5O2S. The second-order valence-electron chi connectivity index (χ2n) is 7.01. The number of anilines is 1. The average Bonchev–Trinajstić information content (AvgIpc) is 3.49. The number of benzene rings is 1. The van der Waals surface area contributed by atoms with Gasteiger partial charge < -0.3 is 14.5 Å². The van der Waals surface area contributed by atoms with Crippen LogP contribution in [0, 0.1) is 0 Å². The summed E-state index contributed by atoms with van der Waals surface area (Å²) in [5, 5.41) is 13.1. The van der Waals surface area contributed by atoms with Crippen molar-refractivity contribution in [2.75, 3.05) is 11.9 Å². The summed E-state index contributed by atoms with van der Waals surface area (Å²) in [5.74, 6) is -0.175. The molecule has 7 nitrogen and oxygen atoms in total. The van der Waals surface area contributed by atoms with Gasteiger partial charge in [0.05, 0.1) is 17.8 Å². The standard InChI is InChI=1S/C21H18ClN5O2S/c22-14-8-6-13(7-9-14)19-15(27-10-2-1-5-17(27)23-19)12-18(28)24-21-26-25-20(30-21)16-4-3-11-29-16/h1-2,5-10,16H,3-4,11-12H2,(H,24,26,28). The Hall–Kier alpha value is -2.81. The number of halogens is 1. The quantitative estimate of drug-likeness (QED) is 0.493. The predicted molar refractivity (Wildman–Crippen MR) is 116 cm³/mol. The normalized spacial score (nSPS) is 16.2. The topological polar surface area (TPSA) is 81.4 Å². The number of aromatic nitrogens is 4. The van der Waals surface area contributed by atoms with E-state index in [1.165, 1.54) is 11.3 Å². The molecule has 1 aromatic carbocycles. The number of rotatable bonds is 5. The van der Waals surface area contributed by atoms with E-state index in [2.05, 4.69) is 15.5 Å². The lowest BCUT2D eigenvalue weighted by molar-refractivity contribution is -0.115. The predicted octanol–water partition coefficient (Wildman–Crippen LogP) is 4.54.